The van der Waals surface area contributed by atoms with Gasteiger partial charge in [0.1, 0.15) is 0 Å². The van der Waals surface area contributed by atoms with Gasteiger partial charge in [0.2, 0.25) is 0 Å². The molecule has 0 saturated heterocycles. The number of hydrogen-bond donors (Lipinski definition) is 8. The molecule has 0 aliphatic rings. The van der Waals surface area contributed by atoms with E-state index in [-0.39, 0.29) is 0 Å². The van der Waals surface area contributed by atoms with E-state index in [1.807, 2.05) is 0 Å². The van der Waals surface area contributed by atoms with E-state index in [1.165, 1.54) is 0 Å². The molecule has 0 aromatic carbocycles. The van der Waals surface area contributed by atoms with E-state index in [2.05, 4.69) is 21.3 Å². The van der Waals surface area contributed by atoms with Crippen LogP contribution >= 0.6 is 40.1 Å². The van der Waals surface area contributed by atoms with E-state index in [4.69, 9.17) is 53.1 Å². The molecule has 8 N–H and O–H groups in total. The Morgan fingerprint density at radius 1 is 0.700 bits per heavy atom. The summed E-state index contributed by atoms with van der Waals surface area (Å²) in [7, 11) is -9.11. The predicted octanol–water partition coefficient (Wildman–Crippen LogP) is 0.471. The van der Waals surface area contributed by atoms with E-state index < -0.39 is 26.8 Å². The first-order valence-electron chi connectivity index (χ1n) is 8.97. The van der Waals surface area contributed by atoms with E-state index in [9.17, 15) is 9.13 Å². The summed E-state index contributed by atoms with van der Waals surface area (Å²) in [5.74, 6) is 0. The SMILES string of the molecule is CC(C)(CCNC(=S)NCCNC(=S)NCCC(C)(C)OP(=O)(O)O)OP(=O)(O)O. The number of nitrogens with one attached hydrogen (secondary N) is 4. The van der Waals surface area contributed by atoms with E-state index >= 15 is 0 Å². The summed E-state index contributed by atoms with van der Waals surface area (Å²) in [5.41, 5.74) is -2.02. The third-order valence-corrected chi connectivity index (χ3v) is 5.49. The maximum absolute atomic E-state index is 10.9. The summed E-state index contributed by atoms with van der Waals surface area (Å²) in [5, 5.41) is 12.5. The second kappa shape index (κ2) is 12.6. The van der Waals surface area contributed by atoms with E-state index in [0.29, 0.717) is 49.2 Å². The summed E-state index contributed by atoms with van der Waals surface area (Å²) in [6.07, 6.45) is 0.655. The van der Waals surface area contributed by atoms with Crippen LogP contribution in [0.3, 0.4) is 0 Å². The molecule has 30 heavy (non-hydrogen) atoms. The molecule has 0 aliphatic heterocycles. The molecule has 0 amide bonds. The van der Waals surface area contributed by atoms with Crippen LogP contribution in [-0.2, 0) is 18.2 Å². The van der Waals surface area contributed by atoms with Crippen molar-refractivity contribution in [3.63, 3.8) is 0 Å². The van der Waals surface area contributed by atoms with Crippen molar-refractivity contribution in [2.75, 3.05) is 26.2 Å². The molecule has 0 unspecified atom stereocenters. The Hall–Kier alpha value is -0.400. The van der Waals surface area contributed by atoms with Crippen LogP contribution in [0, 0.1) is 0 Å². The zero-order valence-corrected chi connectivity index (χ0v) is 20.8. The van der Waals surface area contributed by atoms with Gasteiger partial charge in [0.05, 0.1) is 11.2 Å². The number of phosphoric ester groups is 2. The van der Waals surface area contributed by atoms with Crippen molar-refractivity contribution in [1.29, 1.82) is 0 Å². The van der Waals surface area contributed by atoms with Crippen LogP contribution < -0.4 is 21.3 Å². The van der Waals surface area contributed by atoms with Gasteiger partial charge in [-0.2, -0.15) is 0 Å². The van der Waals surface area contributed by atoms with Gasteiger partial charge in [-0.3, -0.25) is 9.05 Å². The topological polar surface area (TPSA) is 182 Å². The molecule has 0 atom stereocenters. The molecule has 0 heterocycles. The molecule has 0 radical (unpaired) electrons. The summed E-state index contributed by atoms with van der Waals surface area (Å²) < 4.78 is 31.2. The highest BCUT2D eigenvalue weighted by Crippen LogP contribution is 2.42. The second-order valence-corrected chi connectivity index (χ2v) is 10.7. The van der Waals surface area contributed by atoms with Crippen molar-refractivity contribution in [2.24, 2.45) is 0 Å². The molecule has 0 saturated carbocycles. The minimum Gasteiger partial charge on any atom is -0.363 e. The Morgan fingerprint density at radius 2 is 0.967 bits per heavy atom. The van der Waals surface area contributed by atoms with Crippen molar-refractivity contribution >= 4 is 50.3 Å². The van der Waals surface area contributed by atoms with Crippen LogP contribution in [0.25, 0.3) is 0 Å². The fourth-order valence-electron chi connectivity index (χ4n) is 2.17. The molecular weight excluding hydrogens is 478 g/mol. The van der Waals surface area contributed by atoms with Crippen LogP contribution in [0.1, 0.15) is 40.5 Å². The number of thiocarbonyl (C=S) groups is 2. The van der Waals surface area contributed by atoms with E-state index in [1.54, 1.807) is 27.7 Å². The molecule has 0 rings (SSSR count). The van der Waals surface area contributed by atoms with Gasteiger partial charge in [0, 0.05) is 26.2 Å². The van der Waals surface area contributed by atoms with Gasteiger partial charge in [-0.25, -0.2) is 9.13 Å². The Morgan fingerprint density at radius 3 is 1.23 bits per heavy atom. The Bertz CT molecular complexity index is 612. The van der Waals surface area contributed by atoms with Gasteiger partial charge in [0.25, 0.3) is 0 Å². The average Bonchev–Trinajstić information content (AvgIpc) is 2.46. The highest BCUT2D eigenvalue weighted by Gasteiger charge is 2.29. The van der Waals surface area contributed by atoms with Crippen molar-refractivity contribution in [3.8, 4) is 0 Å². The highest BCUT2D eigenvalue weighted by atomic mass is 32.1. The zero-order valence-electron chi connectivity index (χ0n) is 17.4. The maximum atomic E-state index is 10.9. The standard InChI is InChI=1S/C14H32N4O8P2S2/c1-13(2,25-27(19,20)21)5-7-15-11(29)17-9-10-18-12(30)16-8-6-14(3,4)26-28(22,23)24/h5-10H2,1-4H3,(H2,15,17,29)(H2,16,18,30)(H2,19,20,21)(H2,22,23,24). The summed E-state index contributed by atoms with van der Waals surface area (Å²) in [6, 6.07) is 0. The van der Waals surface area contributed by atoms with Crippen molar-refractivity contribution in [2.45, 2.75) is 51.7 Å². The third-order valence-electron chi connectivity index (χ3n) is 3.45. The molecule has 0 spiro atoms. The third kappa shape index (κ3) is 18.4. The fourth-order valence-corrected chi connectivity index (χ4v) is 4.04. The summed E-state index contributed by atoms with van der Waals surface area (Å²) >= 11 is 10.2. The zero-order chi connectivity index (χ0) is 23.6. The minimum absolute atomic E-state index is 0.328. The lowest BCUT2D eigenvalue weighted by Crippen LogP contribution is -2.44. The smallest absolute Gasteiger partial charge is 0.363 e. The second-order valence-electron chi connectivity index (χ2n) is 7.55. The van der Waals surface area contributed by atoms with Gasteiger partial charge in [-0.1, -0.05) is 0 Å². The molecule has 178 valence electrons. The molecule has 0 fully saturated rings. The van der Waals surface area contributed by atoms with Crippen LogP contribution in [0.15, 0.2) is 0 Å². The largest absolute Gasteiger partial charge is 0.470 e. The highest BCUT2D eigenvalue weighted by molar-refractivity contribution is 7.80. The summed E-state index contributed by atoms with van der Waals surface area (Å²) in [6.45, 7) is 7.93. The molecular formula is C14H32N4O8P2S2. The lowest BCUT2D eigenvalue weighted by molar-refractivity contribution is 0.0576. The normalized spacial score (nSPS) is 12.9. The first kappa shape index (κ1) is 29.6. The number of hydrogen-bond acceptors (Lipinski definition) is 6. The Kier molecular flexibility index (Phi) is 12.4. The Balaban J connectivity index is 3.91. The summed E-state index contributed by atoms with van der Waals surface area (Å²) in [4.78, 5) is 35.4. The monoisotopic (exact) mass is 510 g/mol. The van der Waals surface area contributed by atoms with E-state index in [0.717, 1.165) is 0 Å². The van der Waals surface area contributed by atoms with Crippen LogP contribution in [0.4, 0.5) is 0 Å². The average molecular weight is 511 g/mol. The Labute approximate surface area is 187 Å². The molecule has 0 aromatic heterocycles. The molecule has 0 aromatic rings. The van der Waals surface area contributed by atoms with Gasteiger partial charge in [-0.15, -0.1) is 0 Å². The first-order chi connectivity index (χ1) is 13.4. The van der Waals surface area contributed by atoms with Crippen LogP contribution in [-0.4, -0.2) is 67.2 Å². The fraction of sp³-hybridized carbons (Fsp3) is 0.857. The lowest BCUT2D eigenvalue weighted by atomic mass is 10.1. The quantitative estimate of drug-likeness (QED) is 0.0972. The first-order valence-corrected chi connectivity index (χ1v) is 12.8. The van der Waals surface area contributed by atoms with Crippen molar-refractivity contribution < 1.29 is 37.8 Å². The van der Waals surface area contributed by atoms with Gasteiger partial charge in [-0.05, 0) is 65.0 Å². The predicted molar refractivity (Wildman–Crippen MR) is 121 cm³/mol. The van der Waals surface area contributed by atoms with Crippen molar-refractivity contribution in [1.82, 2.24) is 21.3 Å². The lowest BCUT2D eigenvalue weighted by Gasteiger charge is -2.25. The van der Waals surface area contributed by atoms with Gasteiger partial charge < -0.3 is 40.8 Å². The van der Waals surface area contributed by atoms with Gasteiger partial charge >= 0.3 is 15.6 Å². The number of rotatable bonds is 13. The molecule has 0 aliphatic carbocycles. The molecule has 16 heteroatoms. The maximum Gasteiger partial charge on any atom is 0.470 e. The number of phosphoric acid groups is 2. The van der Waals surface area contributed by atoms with Crippen LogP contribution in [0.2, 0.25) is 0 Å². The van der Waals surface area contributed by atoms with Crippen LogP contribution in [0.5, 0.6) is 0 Å². The van der Waals surface area contributed by atoms with Gasteiger partial charge in [0.15, 0.2) is 10.2 Å². The molecule has 0 bridgehead atoms. The minimum atomic E-state index is -4.55. The molecule has 12 nitrogen and oxygen atoms in total. The van der Waals surface area contributed by atoms with Crippen molar-refractivity contribution in [3.05, 3.63) is 0 Å².